The maximum absolute atomic E-state index is 14.9. The Morgan fingerprint density at radius 3 is 2.83 bits per heavy atom. The molecule has 1 atom stereocenters. The molecule has 4 aromatic rings. The van der Waals surface area contributed by atoms with E-state index in [0.29, 0.717) is 44.2 Å². The molecular weight excluding hydrogens is 533 g/mol. The van der Waals surface area contributed by atoms with Gasteiger partial charge in [-0.05, 0) is 74.4 Å². The molecule has 1 fully saturated rings. The molecule has 8 nitrogen and oxygen atoms in total. The number of carbonyl (C=O) groups excluding carboxylic acids is 3. The number of rotatable bonds is 1. The highest BCUT2D eigenvalue weighted by molar-refractivity contribution is 6.31. The van der Waals surface area contributed by atoms with E-state index in [0.717, 1.165) is 33.3 Å². The minimum Gasteiger partial charge on any atom is -0.337 e. The van der Waals surface area contributed by atoms with E-state index in [1.54, 1.807) is 29.1 Å². The largest absolute Gasteiger partial charge is 0.337 e. The quantitative estimate of drug-likeness (QED) is 0.323. The van der Waals surface area contributed by atoms with Crippen molar-refractivity contribution in [3.8, 4) is 11.1 Å². The van der Waals surface area contributed by atoms with Crippen molar-refractivity contribution in [2.45, 2.75) is 51.6 Å². The molecule has 3 aliphatic rings. The molecule has 0 saturated carbocycles. The highest BCUT2D eigenvalue weighted by Gasteiger charge is 2.35. The smallest absolute Gasteiger partial charge is 0.247 e. The van der Waals surface area contributed by atoms with Crippen molar-refractivity contribution in [2.24, 2.45) is 0 Å². The van der Waals surface area contributed by atoms with Crippen LogP contribution in [0.25, 0.3) is 22.0 Å². The summed E-state index contributed by atoms with van der Waals surface area (Å²) < 4.78 is 16.7. The number of benzene rings is 2. The summed E-state index contributed by atoms with van der Waals surface area (Å²) in [4.78, 5) is 49.7. The van der Waals surface area contributed by atoms with Gasteiger partial charge in [0.25, 0.3) is 0 Å². The fourth-order valence-corrected chi connectivity index (χ4v) is 6.04. The van der Waals surface area contributed by atoms with Crippen LogP contribution in [0.2, 0.25) is 5.02 Å². The Kier molecular flexibility index (Phi) is 6.83. The van der Waals surface area contributed by atoms with E-state index >= 15 is 0 Å². The molecule has 1 saturated heterocycles. The van der Waals surface area contributed by atoms with Crippen LogP contribution in [0.3, 0.4) is 0 Å². The van der Waals surface area contributed by atoms with Gasteiger partial charge >= 0.3 is 0 Å². The molecule has 5 heterocycles. The lowest BCUT2D eigenvalue weighted by Gasteiger charge is -2.24. The normalized spacial score (nSPS) is 17.8. The van der Waals surface area contributed by atoms with Gasteiger partial charge in [0.1, 0.15) is 18.9 Å². The Bertz CT molecular complexity index is 1680. The van der Waals surface area contributed by atoms with E-state index in [1.807, 2.05) is 18.2 Å². The van der Waals surface area contributed by atoms with Crippen LogP contribution in [-0.2, 0) is 29.0 Å². The number of anilines is 1. The molecule has 0 spiro atoms. The molecule has 204 valence electrons. The van der Waals surface area contributed by atoms with Gasteiger partial charge in [-0.15, -0.1) is 0 Å². The van der Waals surface area contributed by atoms with Gasteiger partial charge in [0.2, 0.25) is 11.8 Å². The van der Waals surface area contributed by atoms with Crippen LogP contribution in [0.4, 0.5) is 10.1 Å². The number of Topliss-reactive ketones (excluding diaryl/α,β-unsaturated/α-hetero) is 1. The van der Waals surface area contributed by atoms with E-state index in [1.165, 1.54) is 18.2 Å². The number of aromatic nitrogens is 3. The van der Waals surface area contributed by atoms with Crippen LogP contribution < -0.4 is 5.32 Å². The van der Waals surface area contributed by atoms with E-state index in [-0.39, 0.29) is 28.9 Å². The number of aryl methyl sites for hydroxylation is 2. The van der Waals surface area contributed by atoms with Crippen LogP contribution in [-0.4, -0.2) is 49.6 Å². The van der Waals surface area contributed by atoms with E-state index < -0.39 is 17.8 Å². The highest BCUT2D eigenvalue weighted by Crippen LogP contribution is 2.32. The van der Waals surface area contributed by atoms with Gasteiger partial charge in [0.05, 0.1) is 16.4 Å². The van der Waals surface area contributed by atoms with Gasteiger partial charge in [-0.2, -0.15) is 0 Å². The standard InChI is InChI=1S/C30H27ClFN5O3/c1-17(38)22-14-36-15-28(39)37-9-3-6-27(37)30(40)35-25-11-18(10-23(31)29(25)32)4-2-5-24-21(13-33-16-34-24)19-7-8-26(36)20(22)12-19/h7-8,10-14,16,27H,2-6,9,15H2,1H3,(H,35,40). The van der Waals surface area contributed by atoms with Gasteiger partial charge < -0.3 is 14.8 Å². The van der Waals surface area contributed by atoms with Gasteiger partial charge in [0.15, 0.2) is 11.6 Å². The lowest BCUT2D eigenvalue weighted by Crippen LogP contribution is -2.44. The van der Waals surface area contributed by atoms with Gasteiger partial charge in [0, 0.05) is 41.0 Å². The van der Waals surface area contributed by atoms with Crippen LogP contribution in [0.1, 0.15) is 47.8 Å². The zero-order valence-electron chi connectivity index (χ0n) is 21.9. The third-order valence-electron chi connectivity index (χ3n) is 7.77. The third-order valence-corrected chi connectivity index (χ3v) is 8.05. The monoisotopic (exact) mass is 559 g/mol. The maximum atomic E-state index is 14.9. The second kappa shape index (κ2) is 10.5. The van der Waals surface area contributed by atoms with E-state index in [4.69, 9.17) is 11.6 Å². The zero-order chi connectivity index (χ0) is 28.0. The number of hydrogen-bond donors (Lipinski definition) is 1. The number of fused-ring (bicyclic) bond motifs is 5. The summed E-state index contributed by atoms with van der Waals surface area (Å²) in [6, 6.07) is 8.24. The molecule has 40 heavy (non-hydrogen) atoms. The molecule has 0 aliphatic carbocycles. The summed E-state index contributed by atoms with van der Waals surface area (Å²) in [6.07, 6.45) is 7.99. The molecule has 2 amide bonds. The number of amides is 2. The number of nitrogens with zero attached hydrogens (tertiary/aromatic N) is 4. The second-order valence-electron chi connectivity index (χ2n) is 10.4. The molecule has 10 heteroatoms. The molecule has 2 aromatic heterocycles. The Labute approximate surface area is 235 Å². The molecule has 7 rings (SSSR count). The van der Waals surface area contributed by atoms with E-state index in [2.05, 4.69) is 15.3 Å². The highest BCUT2D eigenvalue weighted by atomic mass is 35.5. The summed E-state index contributed by atoms with van der Waals surface area (Å²) in [7, 11) is 0. The summed E-state index contributed by atoms with van der Waals surface area (Å²) in [6.45, 7) is 1.88. The van der Waals surface area contributed by atoms with Crippen molar-refractivity contribution in [3.05, 3.63) is 76.7 Å². The molecular formula is C30H27ClFN5O3. The van der Waals surface area contributed by atoms with Gasteiger partial charge in [-0.25, -0.2) is 14.4 Å². The number of hydrogen-bond acceptors (Lipinski definition) is 5. The molecule has 2 aromatic carbocycles. The molecule has 1 unspecified atom stereocenters. The first-order valence-electron chi connectivity index (χ1n) is 13.3. The Hall–Kier alpha value is -4.11. The number of carbonyl (C=O) groups is 3. The summed E-state index contributed by atoms with van der Waals surface area (Å²) in [5, 5.41) is 3.35. The van der Waals surface area contributed by atoms with Crippen LogP contribution in [0.15, 0.2) is 49.1 Å². The minimum absolute atomic E-state index is 0.00298. The zero-order valence-corrected chi connectivity index (χ0v) is 22.7. The van der Waals surface area contributed by atoms with E-state index in [9.17, 15) is 18.8 Å². The average Bonchev–Trinajstić information content (AvgIpc) is 3.57. The Morgan fingerprint density at radius 2 is 2.00 bits per heavy atom. The lowest BCUT2D eigenvalue weighted by molar-refractivity contribution is -0.137. The van der Waals surface area contributed by atoms with Gasteiger partial charge in [-0.1, -0.05) is 17.7 Å². The van der Waals surface area contributed by atoms with Crippen molar-refractivity contribution in [1.82, 2.24) is 19.4 Å². The maximum Gasteiger partial charge on any atom is 0.247 e. The predicted molar refractivity (Wildman–Crippen MR) is 150 cm³/mol. The fraction of sp³-hybridized carbons (Fsp3) is 0.300. The van der Waals surface area contributed by atoms with Crippen molar-refractivity contribution in [3.63, 3.8) is 0 Å². The van der Waals surface area contributed by atoms with Crippen LogP contribution in [0, 0.1) is 5.82 Å². The summed E-state index contributed by atoms with van der Waals surface area (Å²) in [5.41, 5.74) is 4.60. The summed E-state index contributed by atoms with van der Waals surface area (Å²) >= 11 is 6.20. The second-order valence-corrected chi connectivity index (χ2v) is 10.8. The average molecular weight is 560 g/mol. The Balaban J connectivity index is 1.47. The number of halogens is 2. The molecule has 1 N–H and O–H groups in total. The molecule has 0 radical (unpaired) electrons. The third kappa shape index (κ3) is 4.75. The van der Waals surface area contributed by atoms with Gasteiger partial charge in [-0.3, -0.25) is 14.4 Å². The first-order chi connectivity index (χ1) is 19.3. The van der Waals surface area contributed by atoms with Crippen LogP contribution in [0.5, 0.6) is 0 Å². The first-order valence-corrected chi connectivity index (χ1v) is 13.7. The molecule has 3 aliphatic heterocycles. The Morgan fingerprint density at radius 1 is 1.15 bits per heavy atom. The van der Waals surface area contributed by atoms with Crippen molar-refractivity contribution >= 4 is 45.8 Å². The number of ketones is 1. The SMILES string of the molecule is CC(=O)c1cn2c3ccc(cc13)-c1cncnc1CCCc1cc(Cl)c(F)c(c1)NC(=O)C1CCCN1C(=O)C2. The topological polar surface area (TPSA) is 97.2 Å². The van der Waals surface area contributed by atoms with Crippen molar-refractivity contribution < 1.29 is 18.8 Å². The minimum atomic E-state index is -0.731. The number of nitrogens with one attached hydrogen (secondary N) is 1. The molecule has 6 bridgehead atoms. The van der Waals surface area contributed by atoms with Crippen molar-refractivity contribution in [2.75, 3.05) is 11.9 Å². The predicted octanol–water partition coefficient (Wildman–Crippen LogP) is 5.21. The van der Waals surface area contributed by atoms with Crippen LogP contribution >= 0.6 is 11.6 Å². The fourth-order valence-electron chi connectivity index (χ4n) is 5.80. The lowest BCUT2D eigenvalue weighted by atomic mass is 9.98. The summed E-state index contributed by atoms with van der Waals surface area (Å²) in [5.74, 6) is -1.52. The first kappa shape index (κ1) is 26.1. The van der Waals surface area contributed by atoms with Crippen molar-refractivity contribution in [1.29, 1.82) is 0 Å².